The first-order valence-corrected chi connectivity index (χ1v) is 6.37. The Balaban J connectivity index is 2.65. The van der Waals surface area contributed by atoms with Crippen molar-refractivity contribution in [2.24, 2.45) is 0 Å². The predicted octanol–water partition coefficient (Wildman–Crippen LogP) is 2.52. The topological polar surface area (TPSA) is 72.8 Å². The number of hydrogen-bond acceptors (Lipinski definition) is 5. The van der Waals surface area contributed by atoms with Crippen molar-refractivity contribution in [3.05, 3.63) is 35.4 Å². The molecule has 26 heavy (non-hydrogen) atoms. The van der Waals surface area contributed by atoms with E-state index in [1.54, 1.807) is 0 Å². The Kier molecular flexibility index (Phi) is 6.18. The fourth-order valence-corrected chi connectivity index (χ4v) is 1.47. The number of aliphatic hydroxyl groups is 1. The molecule has 0 unspecified atom stereocenters. The lowest BCUT2D eigenvalue weighted by Gasteiger charge is -2.29. The molecule has 0 aliphatic heterocycles. The number of carbonyl (C=O) groups is 2. The molecule has 0 aliphatic rings. The molecule has 0 saturated heterocycles. The Morgan fingerprint density at radius 3 is 1.85 bits per heavy atom. The van der Waals surface area contributed by atoms with Crippen LogP contribution >= 0.6 is 0 Å². The Hall–Kier alpha value is -2.44. The molecule has 0 radical (unpaired) electrons. The van der Waals surface area contributed by atoms with Gasteiger partial charge in [0.05, 0.1) is 5.56 Å². The minimum Gasteiger partial charge on any atom is -0.459 e. The van der Waals surface area contributed by atoms with Gasteiger partial charge in [-0.3, -0.25) is 0 Å². The first kappa shape index (κ1) is 21.6. The van der Waals surface area contributed by atoms with Crippen LogP contribution in [0.1, 0.15) is 10.4 Å². The van der Waals surface area contributed by atoms with Crippen molar-refractivity contribution in [1.29, 1.82) is 0 Å². The van der Waals surface area contributed by atoms with Gasteiger partial charge in [-0.15, -0.1) is 0 Å². The Bertz CT molecular complexity index is 668. The number of carbonyl (C=O) groups excluding carboxylic acids is 2. The second-order valence-corrected chi connectivity index (χ2v) is 4.61. The van der Waals surface area contributed by atoms with Crippen LogP contribution in [-0.2, 0) is 14.3 Å². The highest BCUT2D eigenvalue weighted by atomic mass is 19.4. The molecule has 0 heterocycles. The Labute approximate surface area is 139 Å². The van der Waals surface area contributed by atoms with E-state index in [2.05, 4.69) is 9.47 Å². The molecule has 0 amide bonds. The summed E-state index contributed by atoms with van der Waals surface area (Å²) in [4.78, 5) is 22.4. The summed E-state index contributed by atoms with van der Waals surface area (Å²) in [6, 6.07) is 1.78. The van der Waals surface area contributed by atoms with Crippen LogP contribution in [0.4, 0.5) is 35.1 Å². The molecule has 146 valence electrons. The van der Waals surface area contributed by atoms with Crippen molar-refractivity contribution < 1.29 is 59.3 Å². The van der Waals surface area contributed by atoms with Gasteiger partial charge in [-0.1, -0.05) is 0 Å². The Morgan fingerprint density at radius 2 is 1.38 bits per heavy atom. The lowest BCUT2D eigenvalue weighted by molar-refractivity contribution is -0.357. The molecule has 1 aromatic carbocycles. The number of rotatable bonds is 5. The van der Waals surface area contributed by atoms with Gasteiger partial charge in [-0.05, 0) is 18.2 Å². The quantitative estimate of drug-likeness (QED) is 0.471. The zero-order chi connectivity index (χ0) is 20.3. The van der Waals surface area contributed by atoms with E-state index < -0.39 is 60.3 Å². The summed E-state index contributed by atoms with van der Waals surface area (Å²) in [6.45, 7) is -2.29. The van der Waals surface area contributed by atoms with E-state index >= 15 is 0 Å². The average molecular weight is 396 g/mol. The number of esters is 2. The molecule has 1 N–H and O–H groups in total. The van der Waals surface area contributed by atoms with E-state index in [-0.39, 0.29) is 0 Å². The highest BCUT2D eigenvalue weighted by Gasteiger charge is 2.76. The van der Waals surface area contributed by atoms with Crippen LogP contribution in [0.15, 0.2) is 18.2 Å². The average Bonchev–Trinajstić information content (AvgIpc) is 2.50. The summed E-state index contributed by atoms with van der Waals surface area (Å²) in [5.74, 6) is -7.08. The van der Waals surface area contributed by atoms with Crippen LogP contribution in [0.2, 0.25) is 0 Å². The molecular weight excluding hydrogens is 388 g/mol. The summed E-state index contributed by atoms with van der Waals surface area (Å²) in [5, 5.41) is 8.69. The van der Waals surface area contributed by atoms with Gasteiger partial charge >= 0.3 is 29.9 Å². The molecule has 1 rings (SSSR count). The molecule has 0 saturated carbocycles. The molecule has 5 nitrogen and oxygen atoms in total. The largest absolute Gasteiger partial charge is 0.459 e. The maximum atomic E-state index is 12.9. The molecule has 0 fully saturated rings. The molecule has 0 atom stereocenters. The van der Waals surface area contributed by atoms with Crippen molar-refractivity contribution >= 4 is 11.9 Å². The van der Waals surface area contributed by atoms with Crippen LogP contribution in [0.3, 0.4) is 0 Å². The second kappa shape index (κ2) is 7.43. The molecule has 0 aliphatic carbocycles. The predicted molar refractivity (Wildman–Crippen MR) is 64.7 cm³/mol. The van der Waals surface area contributed by atoms with E-state index in [4.69, 9.17) is 5.11 Å². The van der Waals surface area contributed by atoms with Gasteiger partial charge in [0, 0.05) is 0 Å². The van der Waals surface area contributed by atoms with Crippen molar-refractivity contribution in [2.75, 3.05) is 13.2 Å². The van der Waals surface area contributed by atoms with Crippen molar-refractivity contribution in [3.8, 4) is 0 Å². The van der Waals surface area contributed by atoms with E-state index in [0.717, 1.165) is 6.07 Å². The highest BCUT2D eigenvalue weighted by molar-refractivity contribution is 5.89. The number of alkyl halides is 6. The lowest BCUT2D eigenvalue weighted by atomic mass is 10.0. The van der Waals surface area contributed by atoms with Gasteiger partial charge in [-0.25, -0.2) is 18.4 Å². The molecule has 0 aromatic heterocycles. The third-order valence-electron chi connectivity index (χ3n) is 2.82. The molecular formula is C13H8F8O5. The Morgan fingerprint density at radius 1 is 0.885 bits per heavy atom. The van der Waals surface area contributed by atoms with E-state index in [0.29, 0.717) is 12.1 Å². The monoisotopic (exact) mass is 396 g/mol. The van der Waals surface area contributed by atoms with Gasteiger partial charge in [0.2, 0.25) is 0 Å². The zero-order valence-electron chi connectivity index (χ0n) is 12.3. The van der Waals surface area contributed by atoms with Gasteiger partial charge in [-0.2, -0.15) is 26.3 Å². The van der Waals surface area contributed by atoms with Crippen LogP contribution in [0, 0.1) is 11.6 Å². The van der Waals surface area contributed by atoms with Crippen LogP contribution in [0.25, 0.3) is 0 Å². The van der Waals surface area contributed by atoms with Gasteiger partial charge in [0.1, 0.15) is 13.2 Å². The maximum absolute atomic E-state index is 12.9. The third kappa shape index (κ3) is 4.39. The van der Waals surface area contributed by atoms with Crippen LogP contribution in [-0.4, -0.2) is 48.2 Å². The highest BCUT2D eigenvalue weighted by Crippen LogP contribution is 2.43. The fraction of sp³-hybridized carbons (Fsp3) is 0.385. The number of hydrogen-bond donors (Lipinski definition) is 1. The van der Waals surface area contributed by atoms with Crippen LogP contribution < -0.4 is 0 Å². The van der Waals surface area contributed by atoms with Crippen molar-refractivity contribution in [2.45, 2.75) is 18.0 Å². The standard InChI is InChI=1S/C13H8F8O5/c14-7-2-1-6(5-8(7)15)9(22)25-3-4-26-10(23)11(24,12(16,17)18)13(19,20)21/h1-2,5,24H,3-4H2. The second-order valence-electron chi connectivity index (χ2n) is 4.61. The summed E-state index contributed by atoms with van der Waals surface area (Å²) in [5.41, 5.74) is -6.28. The number of halogens is 8. The first-order chi connectivity index (χ1) is 11.7. The summed E-state index contributed by atoms with van der Waals surface area (Å²) in [6.07, 6.45) is -12.8. The van der Waals surface area contributed by atoms with E-state index in [1.807, 2.05) is 0 Å². The fourth-order valence-electron chi connectivity index (χ4n) is 1.47. The van der Waals surface area contributed by atoms with E-state index in [1.165, 1.54) is 0 Å². The molecule has 0 spiro atoms. The van der Waals surface area contributed by atoms with Crippen LogP contribution in [0.5, 0.6) is 0 Å². The van der Waals surface area contributed by atoms with Gasteiger partial charge in [0.15, 0.2) is 11.6 Å². The van der Waals surface area contributed by atoms with Crippen molar-refractivity contribution in [3.63, 3.8) is 0 Å². The smallest absolute Gasteiger partial charge is 0.437 e. The summed E-state index contributed by atoms with van der Waals surface area (Å²) in [7, 11) is 0. The van der Waals surface area contributed by atoms with Crippen molar-refractivity contribution in [1.82, 2.24) is 0 Å². The molecule has 13 heteroatoms. The third-order valence-corrected chi connectivity index (χ3v) is 2.82. The van der Waals surface area contributed by atoms with Gasteiger partial charge in [0.25, 0.3) is 0 Å². The summed E-state index contributed by atoms with van der Waals surface area (Å²) < 4.78 is 108. The zero-order valence-corrected chi connectivity index (χ0v) is 12.3. The molecule has 0 bridgehead atoms. The molecule has 1 aromatic rings. The normalized spacial score (nSPS) is 12.7. The first-order valence-electron chi connectivity index (χ1n) is 6.37. The SMILES string of the molecule is O=C(OCCOC(=O)C(O)(C(F)(F)F)C(F)(F)F)c1ccc(F)c(F)c1. The minimum absolute atomic E-state index is 0.426. The minimum atomic E-state index is -6.41. The number of ether oxygens (including phenoxy) is 2. The maximum Gasteiger partial charge on any atom is 0.437 e. The number of benzene rings is 1. The summed E-state index contributed by atoms with van der Waals surface area (Å²) >= 11 is 0. The van der Waals surface area contributed by atoms with E-state index in [9.17, 15) is 44.7 Å². The lowest BCUT2D eigenvalue weighted by Crippen LogP contribution is -2.63. The van der Waals surface area contributed by atoms with Gasteiger partial charge < -0.3 is 14.6 Å².